The van der Waals surface area contributed by atoms with Crippen LogP contribution in [0.5, 0.6) is 11.5 Å². The molecular formula is C24H29N5O2. The number of hydrogen-bond acceptors (Lipinski definition) is 5. The van der Waals surface area contributed by atoms with Crippen LogP contribution in [0.3, 0.4) is 0 Å². The van der Waals surface area contributed by atoms with Crippen molar-refractivity contribution in [3.05, 3.63) is 72.4 Å². The predicted octanol–water partition coefficient (Wildman–Crippen LogP) is 5.39. The number of hydrogen-bond donors (Lipinski definition) is 2. The zero-order valence-electron chi connectivity index (χ0n) is 18.2. The van der Waals surface area contributed by atoms with Gasteiger partial charge in [-0.05, 0) is 42.8 Å². The van der Waals surface area contributed by atoms with Crippen LogP contribution in [-0.2, 0) is 0 Å². The highest BCUT2D eigenvalue weighted by atomic mass is 16.5. The second kappa shape index (κ2) is 11.0. The van der Waals surface area contributed by atoms with Gasteiger partial charge in [-0.2, -0.15) is 4.98 Å². The third kappa shape index (κ3) is 6.18. The molecule has 1 saturated heterocycles. The smallest absolute Gasteiger partial charge is 0.323 e. The van der Waals surface area contributed by atoms with E-state index in [-0.39, 0.29) is 12.1 Å². The van der Waals surface area contributed by atoms with Crippen molar-refractivity contribution in [1.82, 2.24) is 15.3 Å². The predicted molar refractivity (Wildman–Crippen MR) is 124 cm³/mol. The van der Waals surface area contributed by atoms with Crippen LogP contribution in [0.1, 0.15) is 38.8 Å². The lowest BCUT2D eigenvalue weighted by Gasteiger charge is -2.17. The summed E-state index contributed by atoms with van der Waals surface area (Å²) in [5.41, 5.74) is 1.08. The number of nitrogens with one attached hydrogen (secondary N) is 2. The number of benzene rings is 2. The second-order valence-corrected chi connectivity index (χ2v) is 7.18. The first-order chi connectivity index (χ1) is 15.1. The number of ether oxygens (including phenoxy) is 1. The van der Waals surface area contributed by atoms with Crippen molar-refractivity contribution in [3.8, 4) is 11.5 Å². The van der Waals surface area contributed by atoms with E-state index in [2.05, 4.69) is 34.4 Å². The molecule has 162 valence electrons. The molecule has 0 radical (unpaired) electrons. The molecule has 3 aromatic rings. The molecule has 7 heteroatoms. The highest BCUT2D eigenvalue weighted by Gasteiger charge is 2.22. The number of amides is 2. The van der Waals surface area contributed by atoms with E-state index in [1.165, 1.54) is 6.42 Å². The largest absolute Gasteiger partial charge is 0.457 e. The molecule has 1 aromatic heterocycles. The van der Waals surface area contributed by atoms with Crippen LogP contribution in [0.15, 0.2) is 66.9 Å². The fourth-order valence-electron chi connectivity index (χ4n) is 2.99. The molecule has 2 aromatic carbocycles. The lowest BCUT2D eigenvalue weighted by atomic mass is 10.1. The molecule has 0 spiro atoms. The Labute approximate surface area is 183 Å². The second-order valence-electron chi connectivity index (χ2n) is 7.18. The number of urea groups is 1. The summed E-state index contributed by atoms with van der Waals surface area (Å²) >= 11 is 0. The quantitative estimate of drug-likeness (QED) is 0.560. The van der Waals surface area contributed by atoms with E-state index in [0.29, 0.717) is 24.9 Å². The van der Waals surface area contributed by atoms with Crippen LogP contribution >= 0.6 is 0 Å². The third-order valence-electron chi connectivity index (χ3n) is 4.48. The van der Waals surface area contributed by atoms with Crippen molar-refractivity contribution < 1.29 is 9.53 Å². The highest BCUT2D eigenvalue weighted by molar-refractivity contribution is 5.93. The van der Waals surface area contributed by atoms with Gasteiger partial charge in [0, 0.05) is 19.3 Å². The summed E-state index contributed by atoms with van der Waals surface area (Å²) in [5.74, 6) is 2.65. The van der Waals surface area contributed by atoms with E-state index in [0.717, 1.165) is 17.1 Å². The molecule has 2 heterocycles. The van der Waals surface area contributed by atoms with Crippen LogP contribution in [-0.4, -0.2) is 29.1 Å². The first kappa shape index (κ1) is 22.1. The Bertz CT molecular complexity index is 963. The topological polar surface area (TPSA) is 79.4 Å². The molecule has 31 heavy (non-hydrogen) atoms. The van der Waals surface area contributed by atoms with E-state index < -0.39 is 0 Å². The summed E-state index contributed by atoms with van der Waals surface area (Å²) in [5, 5.41) is 6.06. The van der Waals surface area contributed by atoms with Gasteiger partial charge in [-0.25, -0.2) is 9.78 Å². The van der Waals surface area contributed by atoms with Gasteiger partial charge < -0.3 is 15.4 Å². The summed E-state index contributed by atoms with van der Waals surface area (Å²) in [6.45, 7) is 7.51. The lowest BCUT2D eigenvalue weighted by Crippen LogP contribution is -2.28. The van der Waals surface area contributed by atoms with Gasteiger partial charge >= 0.3 is 6.03 Å². The van der Waals surface area contributed by atoms with Gasteiger partial charge in [0.1, 0.15) is 17.3 Å². The summed E-state index contributed by atoms with van der Waals surface area (Å²) in [7, 11) is 0. The van der Waals surface area contributed by atoms with Gasteiger partial charge in [-0.1, -0.05) is 50.6 Å². The Morgan fingerprint density at radius 3 is 2.39 bits per heavy atom. The van der Waals surface area contributed by atoms with Gasteiger partial charge in [0.05, 0.1) is 6.04 Å². The molecule has 1 aliphatic heterocycles. The number of carbonyl (C=O) groups is 1. The van der Waals surface area contributed by atoms with Gasteiger partial charge in [-0.15, -0.1) is 0 Å². The number of aromatic nitrogens is 2. The summed E-state index contributed by atoms with van der Waals surface area (Å²) in [6.07, 6.45) is 2.90. The van der Waals surface area contributed by atoms with Crippen LogP contribution in [0.4, 0.5) is 16.6 Å². The third-order valence-corrected chi connectivity index (χ3v) is 4.48. The van der Waals surface area contributed by atoms with E-state index in [9.17, 15) is 4.79 Å². The molecular weight excluding hydrogens is 390 g/mol. The summed E-state index contributed by atoms with van der Waals surface area (Å²) in [6, 6.07) is 19.2. The molecule has 1 fully saturated rings. The minimum atomic E-state index is -0.133. The number of para-hydroxylation sites is 1. The van der Waals surface area contributed by atoms with Crippen LogP contribution < -0.4 is 20.3 Å². The molecule has 4 rings (SSSR count). The summed E-state index contributed by atoms with van der Waals surface area (Å²) in [4.78, 5) is 22.2. The Morgan fingerprint density at radius 1 is 1.06 bits per heavy atom. The number of rotatable bonds is 6. The molecule has 1 aliphatic rings. The fourth-order valence-corrected chi connectivity index (χ4v) is 2.99. The number of nitrogens with zero attached hydrogens (tertiary/aromatic N) is 3. The van der Waals surface area contributed by atoms with E-state index in [4.69, 9.17) is 4.74 Å². The van der Waals surface area contributed by atoms with Gasteiger partial charge in [0.15, 0.2) is 0 Å². The maximum absolute atomic E-state index is 11.8. The fraction of sp³-hybridized carbons (Fsp3) is 0.292. The molecule has 1 atom stereocenters. The lowest BCUT2D eigenvalue weighted by molar-refractivity contribution is 0.252. The molecule has 1 unspecified atom stereocenters. The molecule has 7 nitrogen and oxygen atoms in total. The van der Waals surface area contributed by atoms with Crippen LogP contribution in [0.2, 0.25) is 0 Å². The SMILES string of the molecule is CC(Nc1nccc(N2CCNC2=O)n1)c1ccc(Oc2ccccc2)cc1.CCC. The molecule has 0 saturated carbocycles. The minimum Gasteiger partial charge on any atom is -0.457 e. The van der Waals surface area contributed by atoms with E-state index >= 15 is 0 Å². The van der Waals surface area contributed by atoms with E-state index in [1.54, 1.807) is 17.2 Å². The first-order valence-electron chi connectivity index (χ1n) is 10.6. The van der Waals surface area contributed by atoms with Crippen molar-refractivity contribution in [2.45, 2.75) is 33.2 Å². The van der Waals surface area contributed by atoms with E-state index in [1.807, 2.05) is 61.5 Å². The maximum Gasteiger partial charge on any atom is 0.323 e. The zero-order valence-corrected chi connectivity index (χ0v) is 18.2. The van der Waals surface area contributed by atoms with Crippen LogP contribution in [0.25, 0.3) is 0 Å². The number of carbonyl (C=O) groups excluding carboxylic acids is 1. The summed E-state index contributed by atoms with van der Waals surface area (Å²) < 4.78 is 5.83. The Morgan fingerprint density at radius 2 is 1.74 bits per heavy atom. The molecule has 0 bridgehead atoms. The molecule has 0 aliphatic carbocycles. The highest BCUT2D eigenvalue weighted by Crippen LogP contribution is 2.24. The average molecular weight is 420 g/mol. The Hall–Kier alpha value is -3.61. The van der Waals surface area contributed by atoms with Gasteiger partial charge in [0.25, 0.3) is 0 Å². The van der Waals surface area contributed by atoms with Crippen molar-refractivity contribution in [3.63, 3.8) is 0 Å². The zero-order chi connectivity index (χ0) is 22.1. The van der Waals surface area contributed by atoms with Crippen molar-refractivity contribution in [2.24, 2.45) is 0 Å². The minimum absolute atomic E-state index is 0.00608. The Balaban J connectivity index is 0.000000858. The molecule has 2 amide bonds. The standard InChI is InChI=1S/C21H21N5O2.C3H8/c1-15(16-7-9-18(10-8-16)28-17-5-3-2-4-6-17)24-20-22-12-11-19(25-20)26-14-13-23-21(26)27;1-3-2/h2-12,15H,13-14H2,1H3,(H,23,27)(H,22,24,25);3H2,1-2H3. The monoisotopic (exact) mass is 419 g/mol. The maximum atomic E-state index is 11.8. The van der Waals surface area contributed by atoms with Gasteiger partial charge in [0.2, 0.25) is 5.95 Å². The molecule has 2 N–H and O–H groups in total. The first-order valence-corrected chi connectivity index (χ1v) is 10.6. The van der Waals surface area contributed by atoms with Crippen molar-refractivity contribution in [2.75, 3.05) is 23.3 Å². The average Bonchev–Trinajstić information content (AvgIpc) is 3.22. The Kier molecular flexibility index (Phi) is 7.81. The number of anilines is 2. The van der Waals surface area contributed by atoms with Gasteiger partial charge in [-0.3, -0.25) is 4.90 Å². The van der Waals surface area contributed by atoms with Crippen molar-refractivity contribution >= 4 is 17.8 Å². The normalized spacial score (nSPS) is 13.6. The van der Waals surface area contributed by atoms with Crippen LogP contribution in [0, 0.1) is 0 Å². The van der Waals surface area contributed by atoms with Crippen molar-refractivity contribution in [1.29, 1.82) is 0 Å².